The van der Waals surface area contributed by atoms with Gasteiger partial charge in [-0.15, -0.1) is 0 Å². The zero-order valence-corrected chi connectivity index (χ0v) is 39.6. The van der Waals surface area contributed by atoms with Gasteiger partial charge in [0.05, 0.1) is 33.9 Å². The number of allylic oxidation sites excluding steroid dienone is 4. The largest absolute Gasteiger partial charge is 0.293 e. The molecule has 11 rings (SSSR count). The van der Waals surface area contributed by atoms with Crippen LogP contribution in [0.5, 0.6) is 0 Å². The number of ketones is 2. The summed E-state index contributed by atoms with van der Waals surface area (Å²) in [6, 6.07) is 47.1. The molecule has 0 amide bonds. The molecule has 1 unspecified atom stereocenters. The van der Waals surface area contributed by atoms with Crippen LogP contribution in [0.4, 0.5) is 0 Å². The van der Waals surface area contributed by atoms with Crippen LogP contribution in [0.25, 0.3) is 44.4 Å². The van der Waals surface area contributed by atoms with Crippen molar-refractivity contribution in [2.75, 3.05) is 0 Å². The van der Waals surface area contributed by atoms with Gasteiger partial charge >= 0.3 is 0 Å². The van der Waals surface area contributed by atoms with Gasteiger partial charge in [0, 0.05) is 58.0 Å². The molecule has 5 atom stereocenters. The second-order valence-electron chi connectivity index (χ2n) is 20.9. The third-order valence-corrected chi connectivity index (χ3v) is 16.6. The summed E-state index contributed by atoms with van der Waals surface area (Å²) in [5, 5.41) is 33.3. The molecule has 68 heavy (non-hydrogen) atoms. The summed E-state index contributed by atoms with van der Waals surface area (Å²) in [7, 11) is 4.00. The summed E-state index contributed by atoms with van der Waals surface area (Å²) in [6.07, 6.45) is 8.05. The van der Waals surface area contributed by atoms with E-state index >= 15 is 4.79 Å². The normalized spacial score (nSPS) is 24.7. The van der Waals surface area contributed by atoms with E-state index in [1.165, 1.54) is 11.1 Å². The summed E-state index contributed by atoms with van der Waals surface area (Å²) in [6.45, 7) is 8.33. The third-order valence-electron chi connectivity index (χ3n) is 16.6. The lowest BCUT2D eigenvalue weighted by Gasteiger charge is -2.52. The lowest BCUT2D eigenvalue weighted by Crippen LogP contribution is -2.56. The van der Waals surface area contributed by atoms with Gasteiger partial charge in [0.2, 0.25) is 0 Å². The molecule has 0 saturated carbocycles. The summed E-state index contributed by atoms with van der Waals surface area (Å²) in [5.41, 5.74) is 10.6. The first kappa shape index (κ1) is 43.2. The fourth-order valence-electron chi connectivity index (χ4n) is 13.7. The topological polar surface area (TPSA) is 117 Å². The summed E-state index contributed by atoms with van der Waals surface area (Å²) >= 11 is 0. The number of carbonyl (C=O) groups is 2. The molecule has 8 heteroatoms. The van der Waals surface area contributed by atoms with Crippen molar-refractivity contribution in [3.8, 4) is 45.8 Å². The maximum atomic E-state index is 15.2. The Labute approximate surface area is 398 Å². The number of nitrogens with zero attached hydrogens (tertiary/aromatic N) is 6. The first-order chi connectivity index (χ1) is 32.7. The zero-order valence-electron chi connectivity index (χ0n) is 39.6. The Hall–Kier alpha value is -7.42. The second-order valence-corrected chi connectivity index (χ2v) is 20.9. The molecule has 4 aliphatic carbocycles. The van der Waals surface area contributed by atoms with Crippen molar-refractivity contribution in [2.24, 2.45) is 36.8 Å². The summed E-state index contributed by atoms with van der Waals surface area (Å²) in [4.78, 5) is 28.5. The second kappa shape index (κ2) is 15.6. The molecule has 0 radical (unpaired) electrons. The van der Waals surface area contributed by atoms with Crippen molar-refractivity contribution < 1.29 is 9.59 Å². The van der Waals surface area contributed by atoms with Crippen molar-refractivity contribution in [3.05, 3.63) is 178 Å². The number of carbonyl (C=O) groups excluding carboxylic acids is 2. The summed E-state index contributed by atoms with van der Waals surface area (Å²) < 4.78 is 3.97. The summed E-state index contributed by atoms with van der Waals surface area (Å²) in [5.74, 6) is -0.215. The Kier molecular flexibility index (Phi) is 9.89. The maximum absolute atomic E-state index is 15.2. The molecule has 0 fully saturated rings. The Balaban J connectivity index is 0.951. The highest BCUT2D eigenvalue weighted by atomic mass is 16.1. The highest BCUT2D eigenvalue weighted by Gasteiger charge is 2.60. The SMILES string of the molecule is Cn1nc2c(c1-c1ccc3cc(-c4cccc(CC5(Cc6ccccc6)C(=O)C(C#N)=C[C@]6(C)c7nn(C)c(-c8ccccc8)c7CC[C@@H]56)c4)ccc3c1)CC[C@H]1C(C)(C)C(=O)C(C#N)=C[C@]21C. The average Bonchev–Trinajstić information content (AvgIpc) is 3.88. The van der Waals surface area contributed by atoms with E-state index in [1.54, 1.807) is 0 Å². The zero-order chi connectivity index (χ0) is 47.3. The fraction of sp³-hybridized carbons (Fsp3) is 0.300. The van der Waals surface area contributed by atoms with E-state index in [0.29, 0.717) is 12.8 Å². The van der Waals surface area contributed by atoms with Crippen LogP contribution in [-0.4, -0.2) is 31.1 Å². The van der Waals surface area contributed by atoms with Crippen molar-refractivity contribution in [2.45, 2.75) is 77.0 Å². The van der Waals surface area contributed by atoms with Crippen LogP contribution in [0.1, 0.15) is 74.2 Å². The van der Waals surface area contributed by atoms with E-state index in [4.69, 9.17) is 10.2 Å². The van der Waals surface area contributed by atoms with Crippen LogP contribution < -0.4 is 0 Å². The molecule has 0 N–H and O–H groups in total. The van der Waals surface area contributed by atoms with Crippen LogP contribution in [-0.2, 0) is 60.2 Å². The Morgan fingerprint density at radius 3 is 1.68 bits per heavy atom. The highest BCUT2D eigenvalue weighted by Crippen LogP contribution is 2.59. The average molecular weight is 891 g/mol. The number of Topliss-reactive ketones (excluding diaryl/α,β-unsaturated/α-hetero) is 2. The monoisotopic (exact) mass is 890 g/mol. The van der Waals surface area contributed by atoms with Gasteiger partial charge in [-0.25, -0.2) is 0 Å². The molecule has 7 aromatic rings. The third kappa shape index (κ3) is 6.37. The van der Waals surface area contributed by atoms with E-state index in [9.17, 15) is 15.3 Å². The Bertz CT molecular complexity index is 3410. The predicted molar refractivity (Wildman–Crippen MR) is 266 cm³/mol. The molecule has 8 nitrogen and oxygen atoms in total. The molecular formula is C60H54N6O2. The van der Waals surface area contributed by atoms with Gasteiger partial charge in [0.15, 0.2) is 11.6 Å². The minimum absolute atomic E-state index is 0.0451. The molecule has 0 saturated heterocycles. The minimum atomic E-state index is -0.904. The maximum Gasteiger partial charge on any atom is 0.180 e. The van der Waals surface area contributed by atoms with Crippen LogP contribution >= 0.6 is 0 Å². The number of fused-ring (bicyclic) bond motifs is 7. The van der Waals surface area contributed by atoms with Crippen molar-refractivity contribution in [1.29, 1.82) is 10.5 Å². The Morgan fingerprint density at radius 2 is 1.04 bits per heavy atom. The van der Waals surface area contributed by atoms with Crippen LogP contribution in [0, 0.1) is 45.3 Å². The minimum Gasteiger partial charge on any atom is -0.293 e. The van der Waals surface area contributed by atoms with E-state index in [0.717, 1.165) is 92.6 Å². The van der Waals surface area contributed by atoms with E-state index in [1.807, 2.05) is 73.7 Å². The van der Waals surface area contributed by atoms with Crippen LogP contribution in [0.2, 0.25) is 0 Å². The van der Waals surface area contributed by atoms with E-state index in [-0.39, 0.29) is 34.5 Å². The van der Waals surface area contributed by atoms with E-state index < -0.39 is 21.7 Å². The van der Waals surface area contributed by atoms with Crippen LogP contribution in [0.15, 0.2) is 145 Å². The van der Waals surface area contributed by atoms with Crippen molar-refractivity contribution >= 4 is 22.3 Å². The number of nitriles is 2. The highest BCUT2D eigenvalue weighted by molar-refractivity contribution is 6.06. The molecule has 336 valence electrons. The van der Waals surface area contributed by atoms with Crippen molar-refractivity contribution in [1.82, 2.24) is 19.6 Å². The quantitative estimate of drug-likeness (QED) is 0.157. The Morgan fingerprint density at radius 1 is 0.559 bits per heavy atom. The molecule has 2 aromatic heterocycles. The van der Waals surface area contributed by atoms with Gasteiger partial charge in [0.1, 0.15) is 12.1 Å². The predicted octanol–water partition coefficient (Wildman–Crippen LogP) is 11.5. The van der Waals surface area contributed by atoms with Gasteiger partial charge in [-0.3, -0.25) is 19.0 Å². The number of benzene rings is 5. The molecule has 4 aliphatic rings. The number of hydrogen-bond acceptors (Lipinski definition) is 6. The van der Waals surface area contributed by atoms with Gasteiger partial charge in [-0.2, -0.15) is 20.7 Å². The number of aromatic nitrogens is 4. The van der Waals surface area contributed by atoms with Gasteiger partial charge in [0.25, 0.3) is 0 Å². The van der Waals surface area contributed by atoms with Crippen molar-refractivity contribution in [3.63, 3.8) is 0 Å². The molecule has 2 heterocycles. The molecule has 0 aliphatic heterocycles. The lowest BCUT2D eigenvalue weighted by molar-refractivity contribution is -0.131. The molecule has 5 aromatic carbocycles. The van der Waals surface area contributed by atoms with Gasteiger partial charge in [-0.1, -0.05) is 149 Å². The van der Waals surface area contributed by atoms with Gasteiger partial charge < -0.3 is 0 Å². The number of rotatable bonds is 7. The smallest absolute Gasteiger partial charge is 0.180 e. The molecule has 0 bridgehead atoms. The van der Waals surface area contributed by atoms with Crippen LogP contribution in [0.3, 0.4) is 0 Å². The first-order valence-corrected chi connectivity index (χ1v) is 23.9. The van der Waals surface area contributed by atoms with E-state index in [2.05, 4.69) is 123 Å². The van der Waals surface area contributed by atoms with Gasteiger partial charge in [-0.05, 0) is 95.5 Å². The standard InChI is InChI=1S/C60H54N6O2/c1-57(2)49-26-24-48-52(66(6)63-53(48)58(49,3)33-45(35-61)55(57)67)44-23-22-42-29-41(20-21-43(42)30-44)40-19-13-16-38(28-40)32-60(31-37-14-9-7-10-15-37)50-27-25-47-51(39-17-11-8-12-18-39)65(5)64-54(47)59(50,4)34-46(36-62)56(60)68/h7-23,28-30,33-34,49-50H,24-27,31-32H2,1-6H3/t49-,50+,58-,59-,60?/m0/s1. The molecular weight excluding hydrogens is 837 g/mol. The molecule has 0 spiro atoms. The first-order valence-electron chi connectivity index (χ1n) is 23.9. The lowest BCUT2D eigenvalue weighted by atomic mass is 9.48. The number of hydrogen-bond donors (Lipinski definition) is 0. The fourth-order valence-corrected chi connectivity index (χ4v) is 13.7. The number of aryl methyl sites for hydroxylation is 2.